The van der Waals surface area contributed by atoms with E-state index in [1.54, 1.807) is 4.90 Å². The smallest absolute Gasteiger partial charge is 0.335 e. The molecule has 1 heterocycles. The van der Waals surface area contributed by atoms with Gasteiger partial charge in [-0.25, -0.2) is 4.79 Å². The van der Waals surface area contributed by atoms with E-state index in [2.05, 4.69) is 0 Å². The number of non-ortho nitro benzene ring substituents is 1. The maximum atomic E-state index is 13.0. The van der Waals surface area contributed by atoms with Gasteiger partial charge in [0.1, 0.15) is 0 Å². The lowest BCUT2D eigenvalue weighted by atomic mass is 9.99. The maximum Gasteiger partial charge on any atom is 0.335 e. The van der Waals surface area contributed by atoms with Crippen LogP contribution in [0.15, 0.2) is 42.5 Å². The number of rotatable bonds is 4. The lowest BCUT2D eigenvalue weighted by Gasteiger charge is -2.26. The Morgan fingerprint density at radius 3 is 2.54 bits per heavy atom. The van der Waals surface area contributed by atoms with E-state index in [1.165, 1.54) is 6.07 Å². The van der Waals surface area contributed by atoms with Crippen LogP contribution in [0.25, 0.3) is 0 Å². The molecule has 1 fully saturated rings. The lowest BCUT2D eigenvalue weighted by molar-refractivity contribution is -0.384. The molecule has 7 heteroatoms. The summed E-state index contributed by atoms with van der Waals surface area (Å²) < 4.78 is 0. The summed E-state index contributed by atoms with van der Waals surface area (Å²) in [4.78, 5) is 36.3. The van der Waals surface area contributed by atoms with Crippen LogP contribution in [0.3, 0.4) is 0 Å². The minimum atomic E-state index is -1.31. The van der Waals surface area contributed by atoms with Crippen molar-refractivity contribution >= 4 is 17.6 Å². The monoisotopic (exact) mass is 354 g/mol. The Labute approximate surface area is 150 Å². The van der Waals surface area contributed by atoms with Crippen molar-refractivity contribution < 1.29 is 19.6 Å². The van der Waals surface area contributed by atoms with E-state index in [1.807, 2.05) is 31.2 Å². The molecule has 1 N–H and O–H groups in total. The highest BCUT2D eigenvalue weighted by atomic mass is 16.6. The second-order valence-corrected chi connectivity index (χ2v) is 6.34. The van der Waals surface area contributed by atoms with Gasteiger partial charge in [0.05, 0.1) is 16.5 Å². The number of nitrogens with zero attached hydrogens (tertiary/aromatic N) is 2. The zero-order valence-electron chi connectivity index (χ0n) is 14.2. The van der Waals surface area contributed by atoms with E-state index in [-0.39, 0.29) is 23.1 Å². The molecule has 0 saturated carbocycles. The second-order valence-electron chi connectivity index (χ2n) is 6.34. The number of carboxylic acid groups (broad SMARTS) is 1. The molecule has 1 aliphatic rings. The minimum absolute atomic E-state index is 0.0251. The third-order valence-electron chi connectivity index (χ3n) is 4.68. The number of hydrogen-bond donors (Lipinski definition) is 1. The predicted octanol–water partition coefficient (Wildman–Crippen LogP) is 3.58. The third kappa shape index (κ3) is 3.28. The Balaban J connectivity index is 1.99. The number of aromatic carboxylic acids is 1. The van der Waals surface area contributed by atoms with Gasteiger partial charge in [0.15, 0.2) is 0 Å². The van der Waals surface area contributed by atoms with E-state index < -0.39 is 16.6 Å². The summed E-state index contributed by atoms with van der Waals surface area (Å²) >= 11 is 0. The van der Waals surface area contributed by atoms with E-state index in [9.17, 15) is 24.8 Å². The van der Waals surface area contributed by atoms with Gasteiger partial charge in [-0.15, -0.1) is 0 Å². The first kappa shape index (κ1) is 17.6. The molecule has 7 nitrogen and oxygen atoms in total. The first-order valence-corrected chi connectivity index (χ1v) is 8.27. The van der Waals surface area contributed by atoms with Crippen molar-refractivity contribution in [2.75, 3.05) is 6.54 Å². The van der Waals surface area contributed by atoms with E-state index >= 15 is 0 Å². The van der Waals surface area contributed by atoms with Crippen molar-refractivity contribution in [1.82, 2.24) is 4.90 Å². The van der Waals surface area contributed by atoms with Crippen LogP contribution in [0.4, 0.5) is 5.69 Å². The van der Waals surface area contributed by atoms with Crippen LogP contribution in [0.1, 0.15) is 50.7 Å². The zero-order chi connectivity index (χ0) is 18.8. The number of nitro benzene ring substituents is 1. The summed E-state index contributed by atoms with van der Waals surface area (Å²) in [6.45, 7) is 2.51. The Kier molecular flexibility index (Phi) is 4.71. The van der Waals surface area contributed by atoms with Crippen LogP contribution in [-0.4, -0.2) is 33.4 Å². The van der Waals surface area contributed by atoms with Crippen LogP contribution in [0.2, 0.25) is 0 Å². The molecule has 0 aromatic heterocycles. The molecule has 0 radical (unpaired) electrons. The molecule has 134 valence electrons. The Morgan fingerprint density at radius 2 is 1.88 bits per heavy atom. The predicted molar refractivity (Wildman–Crippen MR) is 94.2 cm³/mol. The molecule has 1 atom stereocenters. The first-order chi connectivity index (χ1) is 12.4. The summed E-state index contributed by atoms with van der Waals surface area (Å²) in [5.74, 6) is -1.69. The molecule has 0 spiro atoms. The molecular weight excluding hydrogens is 336 g/mol. The number of amides is 1. The van der Waals surface area contributed by atoms with Gasteiger partial charge in [-0.3, -0.25) is 14.9 Å². The molecule has 1 saturated heterocycles. The molecule has 2 aromatic rings. The highest BCUT2D eigenvalue weighted by Gasteiger charge is 2.32. The minimum Gasteiger partial charge on any atom is -0.478 e. The largest absolute Gasteiger partial charge is 0.478 e. The molecule has 2 aromatic carbocycles. The van der Waals surface area contributed by atoms with E-state index in [0.717, 1.165) is 36.1 Å². The van der Waals surface area contributed by atoms with Crippen molar-refractivity contribution in [1.29, 1.82) is 0 Å². The number of hydrogen-bond acceptors (Lipinski definition) is 4. The SMILES string of the molecule is Cc1ccccc1C1CCCN1C(=O)c1cc(C(=O)O)cc([N+](=O)[O-])c1. The Hall–Kier alpha value is -3.22. The second kappa shape index (κ2) is 6.95. The van der Waals surface area contributed by atoms with Gasteiger partial charge in [-0.05, 0) is 37.0 Å². The van der Waals surface area contributed by atoms with Gasteiger partial charge in [0.2, 0.25) is 0 Å². The van der Waals surface area contributed by atoms with Crippen LogP contribution < -0.4 is 0 Å². The zero-order valence-corrected chi connectivity index (χ0v) is 14.2. The van der Waals surface area contributed by atoms with Gasteiger partial charge < -0.3 is 10.0 Å². The highest BCUT2D eigenvalue weighted by molar-refractivity contribution is 5.98. The van der Waals surface area contributed by atoms with Crippen LogP contribution >= 0.6 is 0 Å². The molecule has 1 aliphatic heterocycles. The van der Waals surface area contributed by atoms with E-state index in [4.69, 9.17) is 0 Å². The molecule has 26 heavy (non-hydrogen) atoms. The summed E-state index contributed by atoms with van der Waals surface area (Å²) in [7, 11) is 0. The van der Waals surface area contributed by atoms with Crippen LogP contribution in [-0.2, 0) is 0 Å². The van der Waals surface area contributed by atoms with Crippen molar-refractivity contribution in [2.24, 2.45) is 0 Å². The number of nitro groups is 1. The van der Waals surface area contributed by atoms with Gasteiger partial charge in [0.25, 0.3) is 11.6 Å². The maximum absolute atomic E-state index is 13.0. The van der Waals surface area contributed by atoms with Gasteiger partial charge in [0, 0.05) is 24.2 Å². The summed E-state index contributed by atoms with van der Waals surface area (Å²) in [6.07, 6.45) is 1.63. The van der Waals surface area contributed by atoms with Crippen LogP contribution in [0, 0.1) is 17.0 Å². The summed E-state index contributed by atoms with van der Waals surface area (Å²) in [6, 6.07) is 11.0. The molecule has 0 bridgehead atoms. The molecular formula is C19H18N2O5. The van der Waals surface area contributed by atoms with Crippen molar-refractivity contribution in [3.63, 3.8) is 0 Å². The molecule has 1 unspecified atom stereocenters. The average molecular weight is 354 g/mol. The van der Waals surface area contributed by atoms with Gasteiger partial charge in [-0.2, -0.15) is 0 Å². The number of carboxylic acids is 1. The normalized spacial score (nSPS) is 16.5. The van der Waals surface area contributed by atoms with Crippen molar-refractivity contribution in [2.45, 2.75) is 25.8 Å². The third-order valence-corrected chi connectivity index (χ3v) is 4.68. The number of carbonyl (C=O) groups is 2. The number of aryl methyl sites for hydroxylation is 1. The topological polar surface area (TPSA) is 101 Å². The molecule has 1 amide bonds. The van der Waals surface area contributed by atoms with Crippen LogP contribution in [0.5, 0.6) is 0 Å². The summed E-state index contributed by atoms with van der Waals surface area (Å²) in [5.41, 5.74) is 1.47. The molecule has 3 rings (SSSR count). The van der Waals surface area contributed by atoms with Crippen molar-refractivity contribution in [3.05, 3.63) is 74.8 Å². The number of carbonyl (C=O) groups excluding carboxylic acids is 1. The fourth-order valence-electron chi connectivity index (χ4n) is 3.42. The number of likely N-dealkylation sites (tertiary alicyclic amines) is 1. The summed E-state index contributed by atoms with van der Waals surface area (Å²) in [5, 5.41) is 20.3. The first-order valence-electron chi connectivity index (χ1n) is 8.27. The van der Waals surface area contributed by atoms with E-state index in [0.29, 0.717) is 6.54 Å². The Morgan fingerprint density at radius 1 is 1.19 bits per heavy atom. The quantitative estimate of drug-likeness (QED) is 0.668. The lowest BCUT2D eigenvalue weighted by Crippen LogP contribution is -2.31. The van der Waals surface area contributed by atoms with Gasteiger partial charge in [-0.1, -0.05) is 24.3 Å². The fraction of sp³-hybridized carbons (Fsp3) is 0.263. The highest BCUT2D eigenvalue weighted by Crippen LogP contribution is 2.35. The number of benzene rings is 2. The fourth-order valence-corrected chi connectivity index (χ4v) is 3.42. The van der Waals surface area contributed by atoms with Gasteiger partial charge >= 0.3 is 5.97 Å². The Bertz CT molecular complexity index is 861. The average Bonchev–Trinajstić information content (AvgIpc) is 3.10. The van der Waals surface area contributed by atoms with Crippen molar-refractivity contribution in [3.8, 4) is 0 Å². The standard InChI is InChI=1S/C19H18N2O5/c1-12-5-2-3-6-16(12)17-7-4-8-20(17)18(22)13-9-14(19(23)24)11-15(10-13)21(25)26/h2-3,5-6,9-11,17H,4,7-8H2,1H3,(H,23,24). The molecule has 0 aliphatic carbocycles.